The molecule has 0 bridgehead atoms. The topological polar surface area (TPSA) is 226 Å². The number of carbonyl (C=O) groups excluding carboxylic acids is 5. The van der Waals surface area contributed by atoms with Crippen LogP contribution < -0.4 is 25.2 Å². The van der Waals surface area contributed by atoms with Crippen LogP contribution in [-0.2, 0) is 46.1 Å². The van der Waals surface area contributed by atoms with Gasteiger partial charge in [-0.2, -0.15) is 18.4 Å². The molecule has 18 nitrogen and oxygen atoms in total. The molecule has 74 heavy (non-hydrogen) atoms. The largest absolute Gasteiger partial charge is 0.477 e. The Morgan fingerprint density at radius 2 is 1.72 bits per heavy atom. The van der Waals surface area contributed by atoms with Crippen LogP contribution in [0.4, 0.5) is 28.9 Å². The Kier molecular flexibility index (Phi) is 18.1. The molecule has 2 aliphatic heterocycles. The van der Waals surface area contributed by atoms with Gasteiger partial charge < -0.3 is 44.5 Å². The van der Waals surface area contributed by atoms with Gasteiger partial charge in [0.1, 0.15) is 35.4 Å². The van der Waals surface area contributed by atoms with E-state index in [4.69, 9.17) is 31.2 Å². The van der Waals surface area contributed by atoms with Crippen LogP contribution in [0.3, 0.4) is 0 Å². The molecule has 2 aliphatic rings. The molecular formula is C50H56F4N8O10S2. The highest BCUT2D eigenvalue weighted by Crippen LogP contribution is 2.42. The summed E-state index contributed by atoms with van der Waals surface area (Å²) in [5.41, 5.74) is -1.59. The predicted molar refractivity (Wildman–Crippen MR) is 266 cm³/mol. The van der Waals surface area contributed by atoms with Crippen molar-refractivity contribution >= 4 is 69.6 Å². The maximum atomic E-state index is 15.5. The summed E-state index contributed by atoms with van der Waals surface area (Å²) < 4.78 is 78.8. The number of aliphatic hydroxyl groups is 1. The average molecular weight is 1070 g/mol. The number of unbranched alkanes of at least 4 members (excludes halogenated alkanes) is 1. The smallest absolute Gasteiger partial charge is 0.420 e. The maximum absolute atomic E-state index is 15.5. The third-order valence-corrected chi connectivity index (χ3v) is 13.5. The minimum Gasteiger partial charge on any atom is -0.477 e. The third kappa shape index (κ3) is 12.8. The molecule has 0 unspecified atom stereocenters. The molecule has 3 atom stereocenters. The highest BCUT2D eigenvalue weighted by atomic mass is 32.1. The highest BCUT2D eigenvalue weighted by molar-refractivity contribution is 7.81. The second-order valence-electron chi connectivity index (χ2n) is 19.0. The molecule has 2 fully saturated rings. The lowest BCUT2D eigenvalue weighted by atomic mass is 9.85. The first-order valence-corrected chi connectivity index (χ1v) is 24.6. The summed E-state index contributed by atoms with van der Waals surface area (Å²) in [4.78, 5) is 79.7. The fourth-order valence-electron chi connectivity index (χ4n) is 8.33. The van der Waals surface area contributed by atoms with E-state index in [-0.39, 0.29) is 69.7 Å². The number of halogens is 4. The van der Waals surface area contributed by atoms with Crippen LogP contribution in [0.25, 0.3) is 10.4 Å². The average Bonchev–Trinajstić information content (AvgIpc) is 4.01. The van der Waals surface area contributed by atoms with E-state index < -0.39 is 92.7 Å². The van der Waals surface area contributed by atoms with E-state index in [0.717, 1.165) is 40.9 Å². The lowest BCUT2D eigenvalue weighted by molar-refractivity contribution is -0.144. The number of pyridine rings is 1. The zero-order chi connectivity index (χ0) is 54.3. The number of ether oxygens (including phenoxy) is 4. The van der Waals surface area contributed by atoms with Gasteiger partial charge in [0.15, 0.2) is 10.9 Å². The minimum absolute atomic E-state index is 0.0410. The lowest BCUT2D eigenvalue weighted by Gasteiger charge is -2.35. The molecule has 4 amide bonds. The predicted octanol–water partition coefficient (Wildman–Crippen LogP) is 6.25. The van der Waals surface area contributed by atoms with E-state index in [1.54, 1.807) is 37.6 Å². The Balaban J connectivity index is 0.940. The summed E-state index contributed by atoms with van der Waals surface area (Å²) in [7, 11) is 1.12. The number of benzene rings is 2. The Morgan fingerprint density at radius 1 is 1.03 bits per heavy atom. The van der Waals surface area contributed by atoms with Crippen LogP contribution in [0.5, 0.6) is 5.88 Å². The molecule has 396 valence electrons. The number of hydrogen-bond acceptors (Lipinski definition) is 15. The molecule has 3 N–H and O–H groups in total. The monoisotopic (exact) mass is 1070 g/mol. The van der Waals surface area contributed by atoms with Gasteiger partial charge in [-0.15, -0.1) is 11.3 Å². The number of rotatable bonds is 20. The van der Waals surface area contributed by atoms with E-state index in [1.165, 1.54) is 42.0 Å². The number of nitrogens with one attached hydrogen (secondary N) is 2. The van der Waals surface area contributed by atoms with E-state index >= 15 is 4.39 Å². The summed E-state index contributed by atoms with van der Waals surface area (Å²) >= 11 is 7.05. The van der Waals surface area contributed by atoms with Crippen molar-refractivity contribution in [3.05, 3.63) is 87.9 Å². The number of thiocarbonyl (C=S) groups is 1. The summed E-state index contributed by atoms with van der Waals surface area (Å²) in [6.07, 6.45) is -4.01. The number of carbonyl (C=O) groups is 5. The highest BCUT2D eigenvalue weighted by Gasteiger charge is 2.52. The third-order valence-electron chi connectivity index (χ3n) is 12.2. The molecule has 2 aromatic heterocycles. The number of β-amino-alcohol motifs (C(OH)–C–C–N with tert-alkyl or cyclic N) is 1. The number of hydrogen-bond donors (Lipinski definition) is 3. The summed E-state index contributed by atoms with van der Waals surface area (Å²) in [6, 6.07) is 9.92. The van der Waals surface area contributed by atoms with Gasteiger partial charge in [-0.05, 0) is 80.6 Å². The number of thiazole rings is 1. The number of esters is 1. The minimum atomic E-state index is -5.26. The van der Waals surface area contributed by atoms with Gasteiger partial charge in [-0.1, -0.05) is 45.0 Å². The van der Waals surface area contributed by atoms with Gasteiger partial charge in [0.05, 0.1) is 78.3 Å². The van der Waals surface area contributed by atoms with Crippen molar-refractivity contribution in [3.8, 4) is 22.4 Å². The molecule has 0 saturated carbocycles. The van der Waals surface area contributed by atoms with Gasteiger partial charge in [0.25, 0.3) is 5.91 Å². The second-order valence-corrected chi connectivity index (χ2v) is 20.2. The molecular weight excluding hydrogens is 1010 g/mol. The van der Waals surface area contributed by atoms with Gasteiger partial charge in [0, 0.05) is 26.1 Å². The van der Waals surface area contributed by atoms with Gasteiger partial charge in [-0.3, -0.25) is 24.1 Å². The second kappa shape index (κ2) is 23.7. The number of methoxy groups -OCH3 is 1. The molecule has 2 aromatic carbocycles. The Morgan fingerprint density at radius 3 is 2.35 bits per heavy atom. The van der Waals surface area contributed by atoms with E-state index in [9.17, 15) is 47.5 Å². The van der Waals surface area contributed by atoms with Crippen molar-refractivity contribution in [1.82, 2.24) is 25.5 Å². The number of anilines is 2. The van der Waals surface area contributed by atoms with Crippen LogP contribution in [0, 0.1) is 29.5 Å². The first-order valence-electron chi connectivity index (χ1n) is 23.3. The summed E-state index contributed by atoms with van der Waals surface area (Å²) in [5, 5.41) is 25.0. The molecule has 0 aliphatic carbocycles. The normalized spacial score (nSPS) is 17.0. The first-order chi connectivity index (χ1) is 34.9. The zero-order valence-electron chi connectivity index (χ0n) is 41.6. The van der Waals surface area contributed by atoms with Crippen molar-refractivity contribution in [3.63, 3.8) is 0 Å². The number of nitriles is 1. The Bertz CT molecular complexity index is 2800. The molecule has 6 rings (SSSR count). The van der Waals surface area contributed by atoms with Crippen molar-refractivity contribution in [2.45, 2.75) is 97.3 Å². The van der Waals surface area contributed by atoms with E-state index in [2.05, 4.69) is 20.6 Å². The van der Waals surface area contributed by atoms with Gasteiger partial charge >= 0.3 is 12.1 Å². The number of nitrogens with zero attached hydrogens (tertiary/aromatic N) is 6. The van der Waals surface area contributed by atoms with Crippen molar-refractivity contribution < 1.29 is 65.6 Å². The number of alkyl halides is 3. The molecule has 2 saturated heterocycles. The number of amides is 4. The number of likely N-dealkylation sites (tertiary alicyclic amines) is 1. The maximum Gasteiger partial charge on any atom is 0.420 e. The standard InChI is InChI=1S/C50H56F4N8O10S2/c1-28-40(74-27-58-28)30-12-10-29(11-13-30)23-56-42(65)36-21-33(63)25-60(36)44(66)41(48(2,3)4)59-37(64)26-71-19-18-70-16-8-9-17-72-43-34(45(67)69-7)20-32(24-57-43)62-47(73)61(46(68)49(62,5)6)35-15-14-31(22-55)38(39(35)51)50(52,53)54/h10-15,20,24,27,33,36,41,63H,8-9,16-19,21,23,25-26H2,1-7H3,(H,56,65)(H,59,64)/t33-,36+,41-/m1/s1. The molecule has 4 aromatic rings. The first kappa shape index (κ1) is 56.6. The molecule has 24 heteroatoms. The van der Waals surface area contributed by atoms with E-state index in [0.29, 0.717) is 17.7 Å². The Labute approximate surface area is 433 Å². The summed E-state index contributed by atoms with van der Waals surface area (Å²) in [5.74, 6) is -5.26. The quantitative estimate of drug-likeness (QED) is 0.0385. The number of aryl methyl sites for hydroxylation is 1. The van der Waals surface area contributed by atoms with Gasteiger partial charge in [-0.25, -0.2) is 19.2 Å². The van der Waals surface area contributed by atoms with Crippen LogP contribution in [0.15, 0.2) is 54.2 Å². The van der Waals surface area contributed by atoms with Crippen molar-refractivity contribution in [2.75, 3.05) is 56.5 Å². The fraction of sp³-hybridized carbons (Fsp3) is 0.460. The van der Waals surface area contributed by atoms with Crippen LogP contribution >= 0.6 is 23.6 Å². The number of aliphatic hydroxyl groups excluding tert-OH is 1. The Hall–Kier alpha value is -6.65. The SMILES string of the molecule is COC(=O)c1cc(N2C(=S)N(c3ccc(C#N)c(C(F)(F)F)c3F)C(=O)C2(C)C)cnc1OCCCCOCCOCC(=O)N[C@H](C(=O)N1C[C@H](O)C[C@H]1C(=O)NCc1ccc(-c2scnc2C)cc1)C(C)(C)C. The zero-order valence-corrected chi connectivity index (χ0v) is 43.3. The van der Waals surface area contributed by atoms with E-state index in [1.807, 2.05) is 31.2 Å². The van der Waals surface area contributed by atoms with Crippen LogP contribution in [-0.4, -0.2) is 125 Å². The van der Waals surface area contributed by atoms with Gasteiger partial charge in [0.2, 0.25) is 23.6 Å². The van der Waals surface area contributed by atoms with Crippen molar-refractivity contribution in [1.29, 1.82) is 5.26 Å². The summed E-state index contributed by atoms with van der Waals surface area (Å²) in [6.45, 7) is 10.3. The fourth-order valence-corrected chi connectivity index (χ4v) is 9.65. The molecule has 0 radical (unpaired) electrons. The van der Waals surface area contributed by atoms with Crippen molar-refractivity contribution in [2.24, 2.45) is 5.41 Å². The number of aromatic nitrogens is 2. The van der Waals surface area contributed by atoms with Crippen LogP contribution in [0.1, 0.15) is 86.6 Å². The lowest BCUT2D eigenvalue weighted by Crippen LogP contribution is -2.58. The molecule has 0 spiro atoms. The molecule has 4 heterocycles. The van der Waals surface area contributed by atoms with Crippen LogP contribution in [0.2, 0.25) is 0 Å².